The van der Waals surface area contributed by atoms with Crippen LogP contribution in [-0.4, -0.2) is 35.8 Å². The molecule has 0 saturated carbocycles. The molecule has 0 saturated heterocycles. The van der Waals surface area contributed by atoms with Crippen LogP contribution in [-0.2, 0) is 0 Å². The van der Waals surface area contributed by atoms with Crippen molar-refractivity contribution in [1.82, 2.24) is 8.01 Å². The molecule has 0 bridgehead atoms. The molecule has 0 N–H and O–H groups in total. The molecule has 0 spiro atoms. The second-order valence-corrected chi connectivity index (χ2v) is 3.47. The number of rotatable bonds is 2. The zero-order chi connectivity index (χ0) is 5.86. The first-order valence-electron chi connectivity index (χ1n) is 2.14. The predicted molar refractivity (Wildman–Crippen MR) is 40.3 cm³/mol. The van der Waals surface area contributed by atoms with E-state index in [2.05, 4.69) is 45.0 Å². The lowest BCUT2D eigenvalue weighted by atomic mass is 10.9. The maximum atomic E-state index is 2.25. The molecule has 0 aromatic carbocycles. The summed E-state index contributed by atoms with van der Waals surface area (Å²) in [6.07, 6.45) is 0. The van der Waals surface area contributed by atoms with E-state index in [9.17, 15) is 0 Å². The third kappa shape index (κ3) is 6.65. The molecule has 0 fully saturated rings. The van der Waals surface area contributed by atoms with Crippen LogP contribution in [0.15, 0.2) is 0 Å². The van der Waals surface area contributed by atoms with Gasteiger partial charge >= 0.3 is 0 Å². The summed E-state index contributed by atoms with van der Waals surface area (Å²) >= 11 is 2.25. The highest BCUT2D eigenvalue weighted by Gasteiger charge is 1.89. The summed E-state index contributed by atoms with van der Waals surface area (Å²) in [5, 5.41) is 0. The highest BCUT2D eigenvalue weighted by Crippen LogP contribution is 1.90. The van der Waals surface area contributed by atoms with E-state index >= 15 is 0 Å². The SMILES string of the molecule is CN(C)CN(C)I. The fourth-order valence-corrected chi connectivity index (χ4v) is 1.000. The lowest BCUT2D eigenvalue weighted by molar-refractivity contribution is 0.327. The monoisotopic (exact) mass is 214 g/mol. The van der Waals surface area contributed by atoms with Crippen LogP contribution < -0.4 is 0 Å². The molecule has 0 aliphatic heterocycles. The van der Waals surface area contributed by atoms with E-state index in [4.69, 9.17) is 0 Å². The average Bonchev–Trinajstić information content (AvgIpc) is 1.27. The first-order valence-corrected chi connectivity index (χ1v) is 3.11. The fraction of sp³-hybridized carbons (Fsp3) is 1.00. The van der Waals surface area contributed by atoms with Crippen LogP contribution in [0.4, 0.5) is 0 Å². The molecule has 0 radical (unpaired) electrons. The second-order valence-electron chi connectivity index (χ2n) is 1.83. The maximum Gasteiger partial charge on any atom is 0.0590 e. The zero-order valence-electron chi connectivity index (χ0n) is 4.98. The van der Waals surface area contributed by atoms with Gasteiger partial charge in [0.1, 0.15) is 0 Å². The topological polar surface area (TPSA) is 6.48 Å². The quantitative estimate of drug-likeness (QED) is 0.381. The van der Waals surface area contributed by atoms with E-state index in [0.29, 0.717) is 0 Å². The normalized spacial score (nSPS) is 11.1. The predicted octanol–water partition coefficient (Wildman–Crippen LogP) is 0.787. The van der Waals surface area contributed by atoms with Crippen molar-refractivity contribution in [3.8, 4) is 0 Å². The van der Waals surface area contributed by atoms with Crippen molar-refractivity contribution in [2.45, 2.75) is 0 Å². The van der Waals surface area contributed by atoms with Gasteiger partial charge in [0.25, 0.3) is 0 Å². The Morgan fingerprint density at radius 3 is 1.71 bits per heavy atom. The first kappa shape index (κ1) is 7.65. The molecule has 0 rings (SSSR count). The van der Waals surface area contributed by atoms with E-state index in [1.165, 1.54) is 0 Å². The summed E-state index contributed by atoms with van der Waals surface area (Å²) in [6, 6.07) is 0. The van der Waals surface area contributed by atoms with Gasteiger partial charge in [0.15, 0.2) is 0 Å². The van der Waals surface area contributed by atoms with Gasteiger partial charge in [-0.05, 0) is 21.1 Å². The molecule has 0 unspecified atom stereocenters. The van der Waals surface area contributed by atoms with Gasteiger partial charge in [0.05, 0.1) is 6.67 Å². The van der Waals surface area contributed by atoms with Gasteiger partial charge in [0.2, 0.25) is 0 Å². The summed E-state index contributed by atoms with van der Waals surface area (Å²) in [4.78, 5) is 2.12. The van der Waals surface area contributed by atoms with E-state index in [0.717, 1.165) is 6.67 Å². The van der Waals surface area contributed by atoms with Gasteiger partial charge in [-0.1, -0.05) is 0 Å². The second kappa shape index (κ2) is 3.63. The lowest BCUT2D eigenvalue weighted by Gasteiger charge is -2.12. The van der Waals surface area contributed by atoms with Crippen molar-refractivity contribution in [3.05, 3.63) is 0 Å². The Morgan fingerprint density at radius 1 is 1.29 bits per heavy atom. The molecule has 0 aliphatic rings. The van der Waals surface area contributed by atoms with Gasteiger partial charge in [-0.15, -0.1) is 0 Å². The smallest absolute Gasteiger partial charge is 0.0590 e. The molecule has 7 heavy (non-hydrogen) atoms. The van der Waals surface area contributed by atoms with Gasteiger partial charge in [0, 0.05) is 22.9 Å². The Labute approximate surface area is 59.0 Å². The standard InChI is InChI=1S/C4H11IN2/c1-6(2)4-7(3)5/h4H2,1-3H3. The Balaban J connectivity index is 2.95. The molecule has 0 heterocycles. The molecular weight excluding hydrogens is 203 g/mol. The Kier molecular flexibility index (Phi) is 3.96. The summed E-state index contributed by atoms with van der Waals surface area (Å²) in [6.45, 7) is 1.01. The Morgan fingerprint density at radius 2 is 1.71 bits per heavy atom. The van der Waals surface area contributed by atoms with E-state index in [1.807, 2.05) is 7.05 Å². The summed E-state index contributed by atoms with van der Waals surface area (Å²) in [5.74, 6) is 0. The van der Waals surface area contributed by atoms with Gasteiger partial charge in [-0.3, -0.25) is 4.90 Å². The largest absolute Gasteiger partial charge is 0.296 e. The van der Waals surface area contributed by atoms with Crippen molar-refractivity contribution in [3.63, 3.8) is 0 Å². The summed E-state index contributed by atoms with van der Waals surface area (Å²) in [5.41, 5.74) is 0. The van der Waals surface area contributed by atoms with Crippen LogP contribution in [0.1, 0.15) is 0 Å². The first-order chi connectivity index (χ1) is 3.13. The van der Waals surface area contributed by atoms with Gasteiger partial charge in [-0.25, -0.2) is 3.11 Å². The number of halogens is 1. The minimum atomic E-state index is 1.01. The molecule has 44 valence electrons. The third-order valence-electron chi connectivity index (χ3n) is 0.478. The Bertz CT molecular complexity index is 39.0. The van der Waals surface area contributed by atoms with E-state index < -0.39 is 0 Å². The van der Waals surface area contributed by atoms with Crippen LogP contribution >= 0.6 is 22.9 Å². The number of hydrogen-bond acceptors (Lipinski definition) is 2. The molecule has 0 aliphatic carbocycles. The molecule has 3 heteroatoms. The third-order valence-corrected chi connectivity index (χ3v) is 0.783. The highest BCUT2D eigenvalue weighted by molar-refractivity contribution is 14.1. The molecular formula is C4H11IN2. The summed E-state index contributed by atoms with van der Waals surface area (Å²) < 4.78 is 2.09. The lowest BCUT2D eigenvalue weighted by Crippen LogP contribution is -2.22. The van der Waals surface area contributed by atoms with Gasteiger partial charge in [-0.2, -0.15) is 0 Å². The molecule has 0 aromatic rings. The molecule has 0 atom stereocenters. The minimum Gasteiger partial charge on any atom is -0.296 e. The minimum absolute atomic E-state index is 1.01. The molecule has 0 amide bonds. The van der Waals surface area contributed by atoms with Crippen molar-refractivity contribution in [2.75, 3.05) is 27.8 Å². The van der Waals surface area contributed by atoms with Crippen LogP contribution in [0.5, 0.6) is 0 Å². The van der Waals surface area contributed by atoms with Crippen molar-refractivity contribution < 1.29 is 0 Å². The maximum absolute atomic E-state index is 2.25. The van der Waals surface area contributed by atoms with Crippen LogP contribution in [0.3, 0.4) is 0 Å². The van der Waals surface area contributed by atoms with Crippen molar-refractivity contribution in [2.24, 2.45) is 0 Å². The number of nitrogens with zero attached hydrogens (tertiary/aromatic N) is 2. The average molecular weight is 214 g/mol. The van der Waals surface area contributed by atoms with Crippen LogP contribution in [0.2, 0.25) is 0 Å². The molecule has 2 nitrogen and oxygen atoms in total. The number of hydrogen-bond donors (Lipinski definition) is 0. The zero-order valence-corrected chi connectivity index (χ0v) is 7.14. The van der Waals surface area contributed by atoms with E-state index in [-0.39, 0.29) is 0 Å². The van der Waals surface area contributed by atoms with Crippen LogP contribution in [0, 0.1) is 0 Å². The Hall–Kier alpha value is 0.650. The molecule has 0 aromatic heterocycles. The highest BCUT2D eigenvalue weighted by atomic mass is 127. The van der Waals surface area contributed by atoms with Gasteiger partial charge < -0.3 is 0 Å². The van der Waals surface area contributed by atoms with E-state index in [1.54, 1.807) is 0 Å². The fourth-order valence-electron chi connectivity index (χ4n) is 0.390. The van der Waals surface area contributed by atoms with Crippen molar-refractivity contribution in [1.29, 1.82) is 0 Å². The summed E-state index contributed by atoms with van der Waals surface area (Å²) in [7, 11) is 6.14. The van der Waals surface area contributed by atoms with Crippen molar-refractivity contribution >= 4 is 22.9 Å². The van der Waals surface area contributed by atoms with Crippen LogP contribution in [0.25, 0.3) is 0 Å².